The van der Waals surface area contributed by atoms with Crippen molar-refractivity contribution in [2.24, 2.45) is 0 Å². The Balaban J connectivity index is 1.38. The second kappa shape index (κ2) is 9.09. The first kappa shape index (κ1) is 19.5. The largest absolute Gasteiger partial charge is 0.493 e. The van der Waals surface area contributed by atoms with Gasteiger partial charge in [0.05, 0.1) is 19.8 Å². The molecule has 152 valence electrons. The van der Waals surface area contributed by atoms with Gasteiger partial charge in [-0.1, -0.05) is 24.3 Å². The van der Waals surface area contributed by atoms with E-state index in [1.807, 2.05) is 49.5 Å². The third-order valence-electron chi connectivity index (χ3n) is 5.17. The zero-order valence-electron chi connectivity index (χ0n) is 17.0. The molecule has 0 amide bonds. The van der Waals surface area contributed by atoms with E-state index in [1.54, 1.807) is 7.11 Å². The van der Waals surface area contributed by atoms with E-state index in [0.717, 1.165) is 42.0 Å². The molecule has 0 bridgehead atoms. The zero-order chi connectivity index (χ0) is 20.1. The van der Waals surface area contributed by atoms with Gasteiger partial charge in [-0.25, -0.2) is 0 Å². The topological polar surface area (TPSA) is 60.6 Å². The lowest BCUT2D eigenvalue weighted by atomic mass is 10.2. The minimum Gasteiger partial charge on any atom is -0.493 e. The van der Waals surface area contributed by atoms with Crippen molar-refractivity contribution >= 4 is 0 Å². The van der Waals surface area contributed by atoms with Crippen LogP contribution in [0.3, 0.4) is 0 Å². The van der Waals surface area contributed by atoms with E-state index in [4.69, 9.17) is 13.9 Å². The Bertz CT molecular complexity index is 920. The molecule has 1 saturated carbocycles. The summed E-state index contributed by atoms with van der Waals surface area (Å²) in [7, 11) is 3.72. The number of rotatable bonds is 8. The SMILES string of the molecule is COc1cc(CN(C)Cc2nnc(-c3ccccc3)o2)ccc1OC1CCCC1. The second-order valence-electron chi connectivity index (χ2n) is 7.55. The highest BCUT2D eigenvalue weighted by Crippen LogP contribution is 2.32. The summed E-state index contributed by atoms with van der Waals surface area (Å²) >= 11 is 0. The number of methoxy groups -OCH3 is 1. The molecule has 1 aromatic heterocycles. The maximum Gasteiger partial charge on any atom is 0.247 e. The van der Waals surface area contributed by atoms with E-state index < -0.39 is 0 Å². The molecule has 1 aliphatic carbocycles. The van der Waals surface area contributed by atoms with E-state index >= 15 is 0 Å². The molecule has 4 rings (SSSR count). The van der Waals surface area contributed by atoms with Gasteiger partial charge in [-0.15, -0.1) is 10.2 Å². The van der Waals surface area contributed by atoms with Crippen LogP contribution in [0, 0.1) is 0 Å². The Kier molecular flexibility index (Phi) is 6.10. The summed E-state index contributed by atoms with van der Waals surface area (Å²) in [6.45, 7) is 1.31. The average molecular weight is 393 g/mol. The van der Waals surface area contributed by atoms with Crippen molar-refractivity contribution in [1.82, 2.24) is 15.1 Å². The maximum atomic E-state index is 6.13. The van der Waals surface area contributed by atoms with Crippen LogP contribution in [0.2, 0.25) is 0 Å². The van der Waals surface area contributed by atoms with Crippen LogP contribution in [0.4, 0.5) is 0 Å². The summed E-state index contributed by atoms with van der Waals surface area (Å²) in [6, 6.07) is 16.0. The van der Waals surface area contributed by atoms with E-state index in [9.17, 15) is 0 Å². The monoisotopic (exact) mass is 393 g/mol. The van der Waals surface area contributed by atoms with Gasteiger partial charge >= 0.3 is 0 Å². The molecule has 0 atom stereocenters. The van der Waals surface area contributed by atoms with Gasteiger partial charge in [0.1, 0.15) is 0 Å². The number of hydrogen-bond donors (Lipinski definition) is 0. The third-order valence-corrected chi connectivity index (χ3v) is 5.17. The highest BCUT2D eigenvalue weighted by molar-refractivity contribution is 5.51. The van der Waals surface area contributed by atoms with Gasteiger partial charge in [-0.2, -0.15) is 0 Å². The molecule has 6 nitrogen and oxygen atoms in total. The molecule has 0 radical (unpaired) electrons. The quantitative estimate of drug-likeness (QED) is 0.553. The fourth-order valence-corrected chi connectivity index (χ4v) is 3.71. The van der Waals surface area contributed by atoms with Crippen LogP contribution < -0.4 is 9.47 Å². The van der Waals surface area contributed by atoms with Crippen LogP contribution in [0.1, 0.15) is 37.1 Å². The molecule has 6 heteroatoms. The first-order valence-electron chi connectivity index (χ1n) is 10.1. The molecule has 0 saturated heterocycles. The van der Waals surface area contributed by atoms with Crippen molar-refractivity contribution in [2.75, 3.05) is 14.2 Å². The molecule has 1 fully saturated rings. The summed E-state index contributed by atoms with van der Waals surface area (Å²) in [5.74, 6) is 2.76. The molecule has 1 heterocycles. The smallest absolute Gasteiger partial charge is 0.247 e. The van der Waals surface area contributed by atoms with E-state index in [1.165, 1.54) is 12.8 Å². The summed E-state index contributed by atoms with van der Waals surface area (Å²) in [6.07, 6.45) is 5.06. The van der Waals surface area contributed by atoms with E-state index in [2.05, 4.69) is 21.2 Å². The van der Waals surface area contributed by atoms with Crippen LogP contribution in [0.25, 0.3) is 11.5 Å². The predicted octanol–water partition coefficient (Wildman–Crippen LogP) is 4.70. The summed E-state index contributed by atoms with van der Waals surface area (Å²) in [5, 5.41) is 8.33. The van der Waals surface area contributed by atoms with E-state index in [0.29, 0.717) is 24.4 Å². The molecule has 3 aromatic rings. The van der Waals surface area contributed by atoms with Gasteiger partial charge in [-0.3, -0.25) is 4.90 Å². The number of benzene rings is 2. The Hall–Kier alpha value is -2.86. The first-order valence-corrected chi connectivity index (χ1v) is 10.1. The predicted molar refractivity (Wildman–Crippen MR) is 111 cm³/mol. The molecule has 1 aliphatic rings. The minimum atomic E-state index is 0.314. The minimum absolute atomic E-state index is 0.314. The standard InChI is InChI=1S/C23H27N3O3/c1-26(16-22-24-25-23(29-22)18-8-4-3-5-9-18)15-17-12-13-20(21(14-17)27-2)28-19-10-6-7-11-19/h3-5,8-9,12-14,19H,6-7,10-11,15-16H2,1-2H3. The van der Waals surface area contributed by atoms with Crippen LogP contribution in [-0.4, -0.2) is 35.4 Å². The normalized spacial score (nSPS) is 14.4. The molecule has 0 spiro atoms. The highest BCUT2D eigenvalue weighted by atomic mass is 16.5. The van der Waals surface area contributed by atoms with Gasteiger partial charge in [-0.05, 0) is 62.6 Å². The first-order chi connectivity index (χ1) is 14.2. The summed E-state index contributed by atoms with van der Waals surface area (Å²) < 4.78 is 17.5. The zero-order valence-corrected chi connectivity index (χ0v) is 17.0. The van der Waals surface area contributed by atoms with Crippen molar-refractivity contribution < 1.29 is 13.9 Å². The fraction of sp³-hybridized carbons (Fsp3) is 0.391. The molecular formula is C23H27N3O3. The number of ether oxygens (including phenoxy) is 2. The lowest BCUT2D eigenvalue weighted by Crippen LogP contribution is -2.17. The van der Waals surface area contributed by atoms with Crippen molar-refractivity contribution in [3.63, 3.8) is 0 Å². The number of nitrogens with zero attached hydrogens (tertiary/aromatic N) is 3. The Morgan fingerprint density at radius 3 is 2.55 bits per heavy atom. The van der Waals surface area contributed by atoms with Crippen molar-refractivity contribution in [1.29, 1.82) is 0 Å². The van der Waals surface area contributed by atoms with Crippen molar-refractivity contribution in [3.05, 3.63) is 60.0 Å². The molecule has 0 N–H and O–H groups in total. The van der Waals surface area contributed by atoms with Gasteiger partial charge < -0.3 is 13.9 Å². The lowest BCUT2D eigenvalue weighted by molar-refractivity contribution is 0.200. The third kappa shape index (κ3) is 4.95. The second-order valence-corrected chi connectivity index (χ2v) is 7.55. The fourth-order valence-electron chi connectivity index (χ4n) is 3.71. The Morgan fingerprint density at radius 1 is 1.00 bits per heavy atom. The van der Waals surface area contributed by atoms with Gasteiger partial charge in [0.2, 0.25) is 11.8 Å². The average Bonchev–Trinajstić information content (AvgIpc) is 3.42. The van der Waals surface area contributed by atoms with Gasteiger partial charge in [0, 0.05) is 12.1 Å². The number of aromatic nitrogens is 2. The molecule has 0 aliphatic heterocycles. The summed E-state index contributed by atoms with van der Waals surface area (Å²) in [5.41, 5.74) is 2.07. The van der Waals surface area contributed by atoms with Crippen LogP contribution in [-0.2, 0) is 13.1 Å². The molecule has 0 unspecified atom stereocenters. The Morgan fingerprint density at radius 2 is 1.79 bits per heavy atom. The highest BCUT2D eigenvalue weighted by Gasteiger charge is 2.19. The van der Waals surface area contributed by atoms with Gasteiger partial charge in [0.25, 0.3) is 0 Å². The number of hydrogen-bond acceptors (Lipinski definition) is 6. The maximum absolute atomic E-state index is 6.13. The molecule has 2 aromatic carbocycles. The summed E-state index contributed by atoms with van der Waals surface area (Å²) in [4.78, 5) is 2.13. The van der Waals surface area contributed by atoms with Crippen LogP contribution >= 0.6 is 0 Å². The lowest BCUT2D eigenvalue weighted by Gasteiger charge is -2.18. The Labute approximate surface area is 171 Å². The van der Waals surface area contributed by atoms with Gasteiger partial charge in [0.15, 0.2) is 11.5 Å². The van der Waals surface area contributed by atoms with Crippen molar-refractivity contribution in [2.45, 2.75) is 44.9 Å². The molecular weight excluding hydrogens is 366 g/mol. The van der Waals surface area contributed by atoms with Crippen LogP contribution in [0.15, 0.2) is 52.9 Å². The van der Waals surface area contributed by atoms with Crippen LogP contribution in [0.5, 0.6) is 11.5 Å². The van der Waals surface area contributed by atoms with E-state index in [-0.39, 0.29) is 0 Å². The van der Waals surface area contributed by atoms with Crippen molar-refractivity contribution in [3.8, 4) is 23.0 Å². The molecule has 29 heavy (non-hydrogen) atoms.